The van der Waals surface area contributed by atoms with Crippen LogP contribution in [0.3, 0.4) is 0 Å². The monoisotopic (exact) mass is 263 g/mol. The van der Waals surface area contributed by atoms with Crippen LogP contribution in [0.25, 0.3) is 0 Å². The Morgan fingerprint density at radius 1 is 1.57 bits per heavy atom. The van der Waals surface area contributed by atoms with Gasteiger partial charge in [0, 0.05) is 5.75 Å². The van der Waals surface area contributed by atoms with E-state index in [0.29, 0.717) is 0 Å². The summed E-state index contributed by atoms with van der Waals surface area (Å²) in [6.07, 6.45) is -1.21. The molecular weight excluding hydrogens is 253 g/mol. The topological polar surface area (TPSA) is 86.6 Å². The van der Waals surface area contributed by atoms with E-state index in [-0.39, 0.29) is 57.1 Å². The molecule has 0 heterocycles. The molecule has 2 unspecified atom stereocenters. The first kappa shape index (κ1) is 17.6. The number of aliphatic hydroxyl groups excluding tert-OH is 1. The predicted octanol–water partition coefficient (Wildman–Crippen LogP) is -3.86. The summed E-state index contributed by atoms with van der Waals surface area (Å²) < 4.78 is 0. The van der Waals surface area contributed by atoms with Crippen molar-refractivity contribution in [3.8, 4) is 0 Å². The summed E-state index contributed by atoms with van der Waals surface area (Å²) in [6, 6.07) is -1.04. The Bertz CT molecular complexity index is 202. The van der Waals surface area contributed by atoms with Gasteiger partial charge < -0.3 is 38.0 Å². The van der Waals surface area contributed by atoms with E-state index in [9.17, 15) is 9.59 Å². The zero-order chi connectivity index (χ0) is 10.4. The van der Waals surface area contributed by atoms with Gasteiger partial charge >= 0.3 is 57.4 Å². The molecule has 0 saturated heterocycles. The molecule has 2 atom stereocenters. The molecule has 1 amide bonds. The number of hydrogen-bond donors (Lipinski definition) is 3. The van der Waals surface area contributed by atoms with Gasteiger partial charge in [-0.3, -0.25) is 4.79 Å². The molecule has 0 bridgehead atoms. The van der Waals surface area contributed by atoms with E-state index < -0.39 is 24.0 Å². The van der Waals surface area contributed by atoms with Crippen LogP contribution in [0, 0.1) is 0 Å². The van der Waals surface area contributed by atoms with E-state index in [4.69, 9.17) is 10.2 Å². The SMILES string of the molecule is CC(O)C(=O)NC(CS[S-])C(=O)O.[K+]. The Morgan fingerprint density at radius 2 is 2.07 bits per heavy atom. The average molecular weight is 263 g/mol. The van der Waals surface area contributed by atoms with Crippen LogP contribution < -0.4 is 56.7 Å². The molecule has 0 fully saturated rings. The number of aliphatic carboxylic acids is 1. The maximum Gasteiger partial charge on any atom is 1.00 e. The number of carbonyl (C=O) groups excluding carboxylic acids is 1. The van der Waals surface area contributed by atoms with Crippen LogP contribution in [0.5, 0.6) is 0 Å². The van der Waals surface area contributed by atoms with Crippen LogP contribution in [-0.4, -0.2) is 40.0 Å². The summed E-state index contributed by atoms with van der Waals surface area (Å²) in [4.78, 5) is 21.4. The van der Waals surface area contributed by atoms with Crippen molar-refractivity contribution in [2.24, 2.45) is 0 Å². The molecule has 0 aromatic carbocycles. The Labute approximate surface area is 134 Å². The fourth-order valence-electron chi connectivity index (χ4n) is 0.535. The Balaban J connectivity index is 0. The minimum absolute atomic E-state index is 0. The minimum atomic E-state index is -1.21. The van der Waals surface area contributed by atoms with E-state index in [2.05, 4.69) is 17.0 Å². The van der Waals surface area contributed by atoms with Crippen LogP contribution in [0.4, 0.5) is 0 Å². The Morgan fingerprint density at radius 3 is 2.36 bits per heavy atom. The van der Waals surface area contributed by atoms with E-state index in [0.717, 1.165) is 10.8 Å². The Hall–Kier alpha value is 1.24. The predicted molar refractivity (Wildman–Crippen MR) is 51.1 cm³/mol. The normalized spacial score (nSPS) is 13.6. The van der Waals surface area contributed by atoms with E-state index in [1.165, 1.54) is 6.92 Å². The fraction of sp³-hybridized carbons (Fsp3) is 0.667. The standard InChI is InChI=1S/C6H11NO4S2.K/c1-3(8)5(9)7-4(2-13-12)6(10)11;/h3-4,8,12H,2H2,1H3,(H,7,9)(H,10,11);/q;+1/p-1. The molecule has 0 spiro atoms. The zero-order valence-corrected chi connectivity index (χ0v) is 12.6. The molecule has 0 aliphatic heterocycles. The van der Waals surface area contributed by atoms with Crippen molar-refractivity contribution in [2.45, 2.75) is 19.1 Å². The number of hydrogen-bond acceptors (Lipinski definition) is 5. The second-order valence-electron chi connectivity index (χ2n) is 2.36. The fourth-order valence-corrected chi connectivity index (χ4v) is 1.31. The first-order chi connectivity index (χ1) is 5.99. The van der Waals surface area contributed by atoms with Gasteiger partial charge in [-0.2, -0.15) is 0 Å². The largest absolute Gasteiger partial charge is 1.00 e. The van der Waals surface area contributed by atoms with Crippen LogP contribution >= 0.6 is 10.8 Å². The Kier molecular flexibility index (Phi) is 11.9. The van der Waals surface area contributed by atoms with E-state index >= 15 is 0 Å². The minimum Gasteiger partial charge on any atom is -0.719 e. The third kappa shape index (κ3) is 7.52. The molecule has 0 rings (SSSR count). The van der Waals surface area contributed by atoms with Crippen molar-refractivity contribution in [3.63, 3.8) is 0 Å². The first-order valence-corrected chi connectivity index (χ1v) is 5.36. The van der Waals surface area contributed by atoms with Crippen LogP contribution in [-0.2, 0) is 21.2 Å². The number of aliphatic hydroxyl groups is 1. The molecule has 0 aromatic rings. The molecule has 5 nitrogen and oxygen atoms in total. The third-order valence-electron chi connectivity index (χ3n) is 1.23. The molecule has 76 valence electrons. The molecular formula is C6H10KNO4S2. The number of carboxylic acids is 1. The van der Waals surface area contributed by atoms with Gasteiger partial charge in [-0.05, 0) is 6.92 Å². The van der Waals surface area contributed by atoms with Crippen molar-refractivity contribution < 1.29 is 71.2 Å². The summed E-state index contributed by atoms with van der Waals surface area (Å²) >= 11 is 4.51. The van der Waals surface area contributed by atoms with Crippen molar-refractivity contribution in [3.05, 3.63) is 0 Å². The summed E-state index contributed by atoms with van der Waals surface area (Å²) in [7, 11) is 0.898. The molecule has 0 saturated carbocycles. The molecule has 0 aliphatic rings. The van der Waals surface area contributed by atoms with Gasteiger partial charge in [-0.1, -0.05) is 0 Å². The van der Waals surface area contributed by atoms with Gasteiger partial charge in [0.05, 0.1) is 0 Å². The number of carboxylic acid groups (broad SMARTS) is 1. The van der Waals surface area contributed by atoms with Crippen molar-refractivity contribution in [1.29, 1.82) is 0 Å². The molecule has 3 N–H and O–H groups in total. The number of rotatable bonds is 5. The molecule has 0 radical (unpaired) electrons. The van der Waals surface area contributed by atoms with Gasteiger partial charge in [0.25, 0.3) is 0 Å². The maximum absolute atomic E-state index is 10.9. The number of nitrogens with one attached hydrogen (secondary N) is 1. The van der Waals surface area contributed by atoms with Crippen molar-refractivity contribution in [1.82, 2.24) is 5.32 Å². The molecule has 0 aliphatic carbocycles. The zero-order valence-electron chi connectivity index (χ0n) is 7.89. The summed E-state index contributed by atoms with van der Waals surface area (Å²) in [5.74, 6) is -1.77. The molecule has 0 aromatic heterocycles. The second-order valence-corrected chi connectivity index (χ2v) is 3.64. The quantitative estimate of drug-likeness (QED) is 0.267. The van der Waals surface area contributed by atoms with Gasteiger partial charge in [0.15, 0.2) is 0 Å². The summed E-state index contributed by atoms with van der Waals surface area (Å²) in [5.41, 5.74) is 0. The maximum atomic E-state index is 10.9. The van der Waals surface area contributed by atoms with Gasteiger partial charge in [0.2, 0.25) is 5.91 Å². The second kappa shape index (κ2) is 9.46. The van der Waals surface area contributed by atoms with Crippen LogP contribution in [0.2, 0.25) is 0 Å². The average Bonchev–Trinajstić information content (AvgIpc) is 2.03. The molecule has 14 heavy (non-hydrogen) atoms. The van der Waals surface area contributed by atoms with Gasteiger partial charge in [0.1, 0.15) is 12.1 Å². The van der Waals surface area contributed by atoms with Gasteiger partial charge in [-0.25, -0.2) is 4.79 Å². The summed E-state index contributed by atoms with van der Waals surface area (Å²) in [5, 5.41) is 19.5. The van der Waals surface area contributed by atoms with Crippen LogP contribution in [0.15, 0.2) is 0 Å². The third-order valence-corrected chi connectivity index (χ3v) is 2.11. The van der Waals surface area contributed by atoms with Crippen molar-refractivity contribution in [2.75, 3.05) is 5.75 Å². The summed E-state index contributed by atoms with van der Waals surface area (Å²) in [6.45, 7) is 1.26. The van der Waals surface area contributed by atoms with E-state index in [1.54, 1.807) is 0 Å². The number of amides is 1. The smallest absolute Gasteiger partial charge is 0.719 e. The first-order valence-electron chi connectivity index (χ1n) is 3.45. The van der Waals surface area contributed by atoms with Gasteiger partial charge in [-0.15, -0.1) is 0 Å². The number of carbonyl (C=O) groups is 2. The van der Waals surface area contributed by atoms with Crippen molar-refractivity contribution >= 4 is 34.3 Å². The van der Waals surface area contributed by atoms with Crippen LogP contribution in [0.1, 0.15) is 6.92 Å². The molecule has 8 heteroatoms. The van der Waals surface area contributed by atoms with E-state index in [1.807, 2.05) is 0 Å².